The highest BCUT2D eigenvalue weighted by atomic mass is 32.2. The second kappa shape index (κ2) is 14.0. The lowest BCUT2D eigenvalue weighted by atomic mass is 9.70. The summed E-state index contributed by atoms with van der Waals surface area (Å²) in [5, 5.41) is 22.6. The van der Waals surface area contributed by atoms with Crippen LogP contribution < -0.4 is 21.3 Å². The molecule has 12 nitrogen and oxygen atoms in total. The Balaban J connectivity index is 1.44. The van der Waals surface area contributed by atoms with Gasteiger partial charge >= 0.3 is 0 Å². The maximum absolute atomic E-state index is 14.1. The lowest BCUT2D eigenvalue weighted by Gasteiger charge is -2.45. The van der Waals surface area contributed by atoms with E-state index in [1.54, 1.807) is 0 Å². The first-order valence-corrected chi connectivity index (χ1v) is 16.5. The van der Waals surface area contributed by atoms with Gasteiger partial charge in [0.15, 0.2) is 6.35 Å². The number of ketones is 1. The van der Waals surface area contributed by atoms with Gasteiger partial charge in [0.1, 0.15) is 6.04 Å². The van der Waals surface area contributed by atoms with E-state index in [-0.39, 0.29) is 17.7 Å². The normalized spacial score (nSPS) is 26.0. The molecule has 1 aliphatic heterocycles. The fourth-order valence-corrected chi connectivity index (χ4v) is 7.64. The molecule has 0 aromatic rings. The number of aliphatic hydroxyl groups is 1. The second-order valence-electron chi connectivity index (χ2n) is 12.7. The highest BCUT2D eigenvalue weighted by Gasteiger charge is 2.46. The van der Waals surface area contributed by atoms with Crippen LogP contribution >= 0.6 is 0 Å². The van der Waals surface area contributed by atoms with Gasteiger partial charge in [-0.3, -0.25) is 34.0 Å². The van der Waals surface area contributed by atoms with Crippen LogP contribution in [0.4, 0.5) is 0 Å². The van der Waals surface area contributed by atoms with Gasteiger partial charge in [0.2, 0.25) is 17.6 Å². The molecule has 0 bridgehead atoms. The summed E-state index contributed by atoms with van der Waals surface area (Å²) in [7, 11) is 0. The molecule has 1 heterocycles. The molecule has 4 rings (SSSR count). The molecule has 4 fully saturated rings. The number of rotatable bonds is 13. The highest BCUT2D eigenvalue weighted by Crippen LogP contribution is 2.40. The zero-order chi connectivity index (χ0) is 29.6. The van der Waals surface area contributed by atoms with Gasteiger partial charge in [0.25, 0.3) is 5.91 Å². The highest BCUT2D eigenvalue weighted by molar-refractivity contribution is 7.79. The molecule has 0 aromatic carbocycles. The first-order valence-electron chi connectivity index (χ1n) is 15.2. The van der Waals surface area contributed by atoms with Gasteiger partial charge < -0.3 is 25.2 Å². The van der Waals surface area contributed by atoms with Crippen molar-refractivity contribution in [3.63, 3.8) is 0 Å². The Kier molecular flexibility index (Phi) is 10.9. The van der Waals surface area contributed by atoms with E-state index in [0.29, 0.717) is 32.2 Å². The van der Waals surface area contributed by atoms with Crippen molar-refractivity contribution in [3.05, 3.63) is 0 Å². The zero-order valence-electron chi connectivity index (χ0n) is 24.1. The minimum absolute atomic E-state index is 0.0379. The van der Waals surface area contributed by atoms with Crippen LogP contribution in [0.1, 0.15) is 96.8 Å². The van der Waals surface area contributed by atoms with Gasteiger partial charge in [0, 0.05) is 23.9 Å². The number of carbonyl (C=O) groups excluding carboxylic acids is 4. The number of Topliss-reactive ketones (excluding diaryl/α,β-unsaturated/α-hetero) is 1. The molecule has 5 N–H and O–H groups in total. The first-order chi connectivity index (χ1) is 19.5. The topological polar surface area (TPSA) is 180 Å². The summed E-state index contributed by atoms with van der Waals surface area (Å²) in [6.45, 7) is 1.96. The third-order valence-electron chi connectivity index (χ3n) is 9.34. The van der Waals surface area contributed by atoms with Crippen molar-refractivity contribution >= 4 is 34.6 Å². The van der Waals surface area contributed by atoms with Gasteiger partial charge in [0.05, 0.1) is 12.6 Å². The third kappa shape index (κ3) is 8.56. The average Bonchev–Trinajstić information content (AvgIpc) is 3.60. The fraction of sp³-hybridized carbons (Fsp3) is 0.857. The summed E-state index contributed by atoms with van der Waals surface area (Å²) in [6.07, 6.45) is 9.86. The number of carbonyl (C=O) groups is 4. The molecular weight excluding hydrogens is 550 g/mol. The maximum atomic E-state index is 14.1. The number of hydrogen-bond acceptors (Lipinski definition) is 9. The average molecular weight is 597 g/mol. The molecular formula is C28H46N5O7S-. The Hall–Kier alpha value is -1.93. The SMILES string of the molecule is CC1([C@H](NC(O)NC2(CS(=O)[O-])CCCCC2)C(=O)N2CCC[C@H]2C(=O)NCC(=O)C(=O)NC2CC2)CCCCC1. The summed E-state index contributed by atoms with van der Waals surface area (Å²) in [4.78, 5) is 52.9. The predicted molar refractivity (Wildman–Crippen MR) is 151 cm³/mol. The molecule has 0 spiro atoms. The number of nitrogens with one attached hydrogen (secondary N) is 4. The molecule has 1 saturated heterocycles. The van der Waals surface area contributed by atoms with Gasteiger partial charge in [-0.2, -0.15) is 0 Å². The van der Waals surface area contributed by atoms with Crippen molar-refractivity contribution in [3.8, 4) is 0 Å². The van der Waals surface area contributed by atoms with E-state index >= 15 is 0 Å². The van der Waals surface area contributed by atoms with Crippen LogP contribution in [0.25, 0.3) is 0 Å². The van der Waals surface area contributed by atoms with Gasteiger partial charge in [-0.1, -0.05) is 56.5 Å². The lowest BCUT2D eigenvalue weighted by molar-refractivity contribution is -0.145. The molecule has 41 heavy (non-hydrogen) atoms. The molecule has 3 aliphatic carbocycles. The molecule has 3 amide bonds. The van der Waals surface area contributed by atoms with Crippen molar-refractivity contribution in [1.29, 1.82) is 0 Å². The Morgan fingerprint density at radius 1 is 0.976 bits per heavy atom. The summed E-state index contributed by atoms with van der Waals surface area (Å²) < 4.78 is 23.3. The standard InChI is InChI=1S/C28H47N5O7S/c1-27(12-4-2-5-13-27)22(31-26(38)32-28(18-41(39)40)14-6-3-7-15-28)25(37)33-16-8-9-20(33)23(35)29-17-21(34)24(36)30-19-10-11-19/h19-20,22,26,31-32,38H,2-18H2,1H3,(H,29,35)(H,30,36)(H,39,40)/p-1/t20-,22+,26?/m0/s1. The fourth-order valence-electron chi connectivity index (χ4n) is 6.82. The van der Waals surface area contributed by atoms with Crippen LogP contribution in [0, 0.1) is 5.41 Å². The van der Waals surface area contributed by atoms with E-state index in [1.807, 2.05) is 6.92 Å². The Morgan fingerprint density at radius 2 is 1.61 bits per heavy atom. The van der Waals surface area contributed by atoms with Crippen molar-refractivity contribution in [1.82, 2.24) is 26.2 Å². The zero-order valence-corrected chi connectivity index (χ0v) is 24.9. The first kappa shape index (κ1) is 32.0. The predicted octanol–water partition coefficient (Wildman–Crippen LogP) is 0.317. The number of nitrogens with zero attached hydrogens (tertiary/aromatic N) is 1. The molecule has 2 unspecified atom stereocenters. The van der Waals surface area contributed by atoms with Crippen LogP contribution in [0.15, 0.2) is 0 Å². The minimum atomic E-state index is -2.29. The second-order valence-corrected chi connectivity index (χ2v) is 13.6. The minimum Gasteiger partial charge on any atom is -0.772 e. The van der Waals surface area contributed by atoms with Crippen molar-refractivity contribution < 1.29 is 33.0 Å². The molecule has 13 heteroatoms. The maximum Gasteiger partial charge on any atom is 0.289 e. The van der Waals surface area contributed by atoms with E-state index in [2.05, 4.69) is 21.3 Å². The van der Waals surface area contributed by atoms with Crippen molar-refractivity contribution in [2.45, 2.75) is 127 Å². The van der Waals surface area contributed by atoms with Gasteiger partial charge in [-0.15, -0.1) is 0 Å². The van der Waals surface area contributed by atoms with E-state index in [0.717, 1.165) is 64.2 Å². The van der Waals surface area contributed by atoms with Crippen molar-refractivity contribution in [2.75, 3.05) is 18.8 Å². The smallest absolute Gasteiger partial charge is 0.289 e. The lowest BCUT2D eigenvalue weighted by Crippen LogP contribution is -2.65. The van der Waals surface area contributed by atoms with E-state index < -0.39 is 64.6 Å². The molecule has 0 radical (unpaired) electrons. The molecule has 4 aliphatic rings. The van der Waals surface area contributed by atoms with Gasteiger partial charge in [-0.25, -0.2) is 0 Å². The molecule has 4 atom stereocenters. The quantitative estimate of drug-likeness (QED) is 0.114. The van der Waals surface area contributed by atoms with E-state index in [9.17, 15) is 33.0 Å². The van der Waals surface area contributed by atoms with Crippen LogP contribution in [0.5, 0.6) is 0 Å². The largest absolute Gasteiger partial charge is 0.772 e. The van der Waals surface area contributed by atoms with Crippen LogP contribution in [0.2, 0.25) is 0 Å². The Labute approximate surface area is 244 Å². The number of hydrogen-bond donors (Lipinski definition) is 5. The Morgan fingerprint density at radius 3 is 2.22 bits per heavy atom. The molecule has 232 valence electrons. The van der Waals surface area contributed by atoms with Gasteiger partial charge in [-0.05, 0) is 56.8 Å². The number of likely N-dealkylation sites (tertiary alicyclic amines) is 1. The van der Waals surface area contributed by atoms with Crippen molar-refractivity contribution in [2.24, 2.45) is 5.41 Å². The number of amides is 3. The number of aliphatic hydroxyl groups excluding tert-OH is 1. The van der Waals surface area contributed by atoms with Crippen LogP contribution in [-0.2, 0) is 30.3 Å². The van der Waals surface area contributed by atoms with Crippen LogP contribution in [0.3, 0.4) is 0 Å². The molecule has 0 aromatic heterocycles. The molecule has 3 saturated carbocycles. The monoisotopic (exact) mass is 596 g/mol. The van der Waals surface area contributed by atoms with E-state index in [1.165, 1.54) is 4.90 Å². The summed E-state index contributed by atoms with van der Waals surface area (Å²) >= 11 is -2.29. The van der Waals surface area contributed by atoms with E-state index in [4.69, 9.17) is 0 Å². The summed E-state index contributed by atoms with van der Waals surface area (Å²) in [5.41, 5.74) is -1.24. The third-order valence-corrected chi connectivity index (χ3v) is 10.1. The van der Waals surface area contributed by atoms with Crippen LogP contribution in [-0.4, -0.2) is 91.1 Å². The summed E-state index contributed by atoms with van der Waals surface area (Å²) in [6, 6.07) is -1.55. The Bertz CT molecular complexity index is 994. The summed E-state index contributed by atoms with van der Waals surface area (Å²) in [5.74, 6) is -2.32.